The van der Waals surface area contributed by atoms with Crippen LogP contribution in [0.2, 0.25) is 0 Å². The molecule has 1 aromatic heterocycles. The fourth-order valence-corrected chi connectivity index (χ4v) is 2.66. The van der Waals surface area contributed by atoms with E-state index in [1.807, 2.05) is 62.4 Å². The summed E-state index contributed by atoms with van der Waals surface area (Å²) in [5.74, 6) is 0.555. The number of aryl methyl sites for hydroxylation is 2. The van der Waals surface area contributed by atoms with Gasteiger partial charge in [0, 0.05) is 23.3 Å². The van der Waals surface area contributed by atoms with Crippen molar-refractivity contribution in [2.45, 2.75) is 13.8 Å². The third-order valence-corrected chi connectivity index (χ3v) is 4.09. The summed E-state index contributed by atoms with van der Waals surface area (Å²) in [6.07, 6.45) is 1.62. The Morgan fingerprint density at radius 2 is 1.65 bits per heavy atom. The number of carbonyl (C=O) groups excluding carboxylic acids is 1. The lowest BCUT2D eigenvalue weighted by Gasteiger charge is -2.12. The minimum atomic E-state index is -0.235. The molecule has 3 aromatic rings. The molecule has 3 rings (SSSR count). The van der Waals surface area contributed by atoms with Gasteiger partial charge in [0.05, 0.1) is 7.11 Å². The Hall–Kier alpha value is -3.34. The van der Waals surface area contributed by atoms with Crippen LogP contribution in [0.1, 0.15) is 21.6 Å². The van der Waals surface area contributed by atoms with Crippen LogP contribution in [0.5, 0.6) is 5.75 Å². The molecule has 0 bridgehead atoms. The molecule has 26 heavy (non-hydrogen) atoms. The van der Waals surface area contributed by atoms with E-state index in [0.717, 1.165) is 33.9 Å². The molecule has 5 heteroatoms. The van der Waals surface area contributed by atoms with Crippen LogP contribution in [0.15, 0.2) is 60.8 Å². The number of hydrogen-bond donors (Lipinski definition) is 2. The number of aromatic nitrogens is 1. The number of para-hydroxylation sites is 1. The number of benzene rings is 2. The Balaban J connectivity index is 1.76. The van der Waals surface area contributed by atoms with Crippen molar-refractivity contribution >= 4 is 23.0 Å². The third kappa shape index (κ3) is 4.00. The van der Waals surface area contributed by atoms with Gasteiger partial charge in [-0.25, -0.2) is 0 Å². The van der Waals surface area contributed by atoms with Crippen molar-refractivity contribution in [3.8, 4) is 5.75 Å². The number of pyridine rings is 1. The van der Waals surface area contributed by atoms with E-state index in [0.29, 0.717) is 5.69 Å². The highest BCUT2D eigenvalue weighted by Gasteiger charge is 2.11. The number of anilines is 3. The average molecular weight is 347 g/mol. The SMILES string of the molecule is COc1ccc(Nc2ccnc(C(=O)Nc3c(C)cccc3C)c2)cc1. The Bertz CT molecular complexity index is 901. The van der Waals surface area contributed by atoms with Crippen LogP contribution in [0.3, 0.4) is 0 Å². The minimum absolute atomic E-state index is 0.235. The summed E-state index contributed by atoms with van der Waals surface area (Å²) in [4.78, 5) is 16.8. The van der Waals surface area contributed by atoms with E-state index in [4.69, 9.17) is 4.74 Å². The minimum Gasteiger partial charge on any atom is -0.497 e. The van der Waals surface area contributed by atoms with E-state index in [1.165, 1.54) is 0 Å². The number of amides is 1. The molecule has 2 aromatic carbocycles. The van der Waals surface area contributed by atoms with Gasteiger partial charge in [-0.3, -0.25) is 9.78 Å². The lowest BCUT2D eigenvalue weighted by Crippen LogP contribution is -2.15. The van der Waals surface area contributed by atoms with Crippen LogP contribution in [-0.2, 0) is 0 Å². The molecule has 1 amide bonds. The smallest absolute Gasteiger partial charge is 0.274 e. The molecule has 5 nitrogen and oxygen atoms in total. The second-order valence-corrected chi connectivity index (χ2v) is 6.00. The molecule has 0 spiro atoms. The molecule has 0 fully saturated rings. The van der Waals surface area contributed by atoms with Crippen molar-refractivity contribution in [3.05, 3.63) is 77.6 Å². The lowest BCUT2D eigenvalue weighted by molar-refractivity contribution is 0.102. The van der Waals surface area contributed by atoms with Gasteiger partial charge in [-0.2, -0.15) is 0 Å². The largest absolute Gasteiger partial charge is 0.497 e. The molecular weight excluding hydrogens is 326 g/mol. The molecule has 0 unspecified atom stereocenters. The first-order valence-electron chi connectivity index (χ1n) is 8.31. The van der Waals surface area contributed by atoms with Crippen molar-refractivity contribution in [2.24, 2.45) is 0 Å². The Labute approximate surface area is 153 Å². The van der Waals surface area contributed by atoms with E-state index >= 15 is 0 Å². The monoisotopic (exact) mass is 347 g/mol. The van der Waals surface area contributed by atoms with E-state index in [9.17, 15) is 4.79 Å². The van der Waals surface area contributed by atoms with Crippen LogP contribution in [0.4, 0.5) is 17.1 Å². The molecule has 0 saturated heterocycles. The van der Waals surface area contributed by atoms with Gasteiger partial charge in [0.2, 0.25) is 0 Å². The molecule has 0 radical (unpaired) electrons. The molecule has 2 N–H and O–H groups in total. The van der Waals surface area contributed by atoms with Crippen LogP contribution in [0, 0.1) is 13.8 Å². The highest BCUT2D eigenvalue weighted by atomic mass is 16.5. The third-order valence-electron chi connectivity index (χ3n) is 4.09. The Morgan fingerprint density at radius 3 is 2.31 bits per heavy atom. The molecule has 0 atom stereocenters. The number of rotatable bonds is 5. The van der Waals surface area contributed by atoms with Crippen molar-refractivity contribution in [1.29, 1.82) is 0 Å². The summed E-state index contributed by atoms with van der Waals surface area (Å²) in [5.41, 5.74) is 4.91. The van der Waals surface area contributed by atoms with Crippen molar-refractivity contribution < 1.29 is 9.53 Å². The van der Waals surface area contributed by atoms with Crippen molar-refractivity contribution in [3.63, 3.8) is 0 Å². The van der Waals surface area contributed by atoms with E-state index in [-0.39, 0.29) is 5.91 Å². The van der Waals surface area contributed by atoms with E-state index < -0.39 is 0 Å². The van der Waals surface area contributed by atoms with Gasteiger partial charge >= 0.3 is 0 Å². The standard InChI is InChI=1S/C21H21N3O2/c1-14-5-4-6-15(2)20(14)24-21(25)19-13-17(11-12-22-19)23-16-7-9-18(26-3)10-8-16/h4-13H,1-3H3,(H,22,23)(H,24,25). The quantitative estimate of drug-likeness (QED) is 0.702. The molecule has 132 valence electrons. The highest BCUT2D eigenvalue weighted by Crippen LogP contribution is 2.22. The zero-order valence-electron chi connectivity index (χ0n) is 15.0. The zero-order chi connectivity index (χ0) is 18.5. The van der Waals surface area contributed by atoms with Gasteiger partial charge in [-0.1, -0.05) is 18.2 Å². The van der Waals surface area contributed by atoms with E-state index in [1.54, 1.807) is 19.4 Å². The number of hydrogen-bond acceptors (Lipinski definition) is 4. The van der Waals surface area contributed by atoms with Crippen molar-refractivity contribution in [1.82, 2.24) is 4.98 Å². The second-order valence-electron chi connectivity index (χ2n) is 6.00. The van der Waals surface area contributed by atoms with Crippen LogP contribution in [0.25, 0.3) is 0 Å². The normalized spacial score (nSPS) is 10.3. The molecule has 0 aliphatic rings. The second kappa shape index (κ2) is 7.70. The predicted molar refractivity (Wildman–Crippen MR) is 104 cm³/mol. The van der Waals surface area contributed by atoms with Gasteiger partial charge in [0.25, 0.3) is 5.91 Å². The molecule has 1 heterocycles. The van der Waals surface area contributed by atoms with Gasteiger partial charge in [0.15, 0.2) is 0 Å². The summed E-state index contributed by atoms with van der Waals surface area (Å²) in [6.45, 7) is 3.94. The maximum absolute atomic E-state index is 12.6. The summed E-state index contributed by atoms with van der Waals surface area (Å²) in [7, 11) is 1.63. The molecule has 0 aliphatic carbocycles. The average Bonchev–Trinajstić information content (AvgIpc) is 2.65. The lowest BCUT2D eigenvalue weighted by atomic mass is 10.1. The molecule has 0 saturated carbocycles. The van der Waals surface area contributed by atoms with E-state index in [2.05, 4.69) is 15.6 Å². The predicted octanol–water partition coefficient (Wildman–Crippen LogP) is 4.70. The Kier molecular flexibility index (Phi) is 5.17. The first kappa shape index (κ1) is 17.5. The van der Waals surface area contributed by atoms with Crippen LogP contribution < -0.4 is 15.4 Å². The van der Waals surface area contributed by atoms with Gasteiger partial charge in [-0.15, -0.1) is 0 Å². The first-order valence-corrected chi connectivity index (χ1v) is 8.31. The highest BCUT2D eigenvalue weighted by molar-refractivity contribution is 6.04. The van der Waals surface area contributed by atoms with Crippen LogP contribution in [-0.4, -0.2) is 18.0 Å². The summed E-state index contributed by atoms with van der Waals surface area (Å²) in [6, 6.07) is 17.0. The first-order chi connectivity index (χ1) is 12.6. The fraction of sp³-hybridized carbons (Fsp3) is 0.143. The molecule has 0 aliphatic heterocycles. The number of nitrogens with one attached hydrogen (secondary N) is 2. The number of nitrogens with zero attached hydrogens (tertiary/aromatic N) is 1. The molecular formula is C21H21N3O2. The zero-order valence-corrected chi connectivity index (χ0v) is 15.0. The summed E-state index contributed by atoms with van der Waals surface area (Å²) in [5, 5.41) is 6.22. The van der Waals surface area contributed by atoms with Gasteiger partial charge < -0.3 is 15.4 Å². The maximum Gasteiger partial charge on any atom is 0.274 e. The van der Waals surface area contributed by atoms with Crippen LogP contribution >= 0.6 is 0 Å². The number of ether oxygens (including phenoxy) is 1. The fourth-order valence-electron chi connectivity index (χ4n) is 2.66. The Morgan fingerprint density at radius 1 is 0.962 bits per heavy atom. The maximum atomic E-state index is 12.6. The van der Waals surface area contributed by atoms with Gasteiger partial charge in [0.1, 0.15) is 11.4 Å². The number of methoxy groups -OCH3 is 1. The van der Waals surface area contributed by atoms with Crippen molar-refractivity contribution in [2.75, 3.05) is 17.7 Å². The van der Waals surface area contributed by atoms with Gasteiger partial charge in [-0.05, 0) is 61.4 Å². The topological polar surface area (TPSA) is 63.2 Å². The summed E-state index contributed by atoms with van der Waals surface area (Å²) < 4.78 is 5.16. The summed E-state index contributed by atoms with van der Waals surface area (Å²) >= 11 is 0. The number of carbonyl (C=O) groups is 1.